The molecule has 0 amide bonds. The van der Waals surface area contributed by atoms with Gasteiger partial charge in [0.1, 0.15) is 11.9 Å². The van der Waals surface area contributed by atoms with Crippen molar-refractivity contribution in [2.45, 2.75) is 66.1 Å². The van der Waals surface area contributed by atoms with Gasteiger partial charge in [-0.25, -0.2) is 0 Å². The molecule has 3 rings (SSSR count). The van der Waals surface area contributed by atoms with Gasteiger partial charge in [-0.05, 0) is 42.4 Å². The second-order valence-corrected chi connectivity index (χ2v) is 8.55. The van der Waals surface area contributed by atoms with Crippen LogP contribution in [0.3, 0.4) is 0 Å². The summed E-state index contributed by atoms with van der Waals surface area (Å²) >= 11 is 0. The number of fused-ring (bicyclic) bond motifs is 1. The van der Waals surface area contributed by atoms with Crippen LogP contribution in [0.2, 0.25) is 0 Å². The number of allylic oxidation sites excluding steroid dienone is 3. The first-order valence-corrected chi connectivity index (χ1v) is 9.25. The largest absolute Gasteiger partial charge is 0.478 e. The molecule has 0 saturated carbocycles. The lowest BCUT2D eigenvalue weighted by Crippen LogP contribution is -2.37. The first-order valence-electron chi connectivity index (χ1n) is 9.25. The highest BCUT2D eigenvalue weighted by Crippen LogP contribution is 2.49. The fourth-order valence-corrected chi connectivity index (χ4v) is 4.10. The van der Waals surface area contributed by atoms with E-state index in [0.717, 1.165) is 22.5 Å². The van der Waals surface area contributed by atoms with Crippen molar-refractivity contribution >= 4 is 11.8 Å². The molecular formula is C22H28O4. The van der Waals surface area contributed by atoms with Crippen molar-refractivity contribution in [1.29, 1.82) is 0 Å². The minimum Gasteiger partial charge on any atom is -0.478 e. The molecule has 0 fully saturated rings. The van der Waals surface area contributed by atoms with Crippen molar-refractivity contribution in [2.24, 2.45) is 11.3 Å². The summed E-state index contributed by atoms with van der Waals surface area (Å²) < 4.78 is 11.9. The molecule has 26 heavy (non-hydrogen) atoms. The highest BCUT2D eigenvalue weighted by Gasteiger charge is 2.53. The Kier molecular flexibility index (Phi) is 4.50. The summed E-state index contributed by atoms with van der Waals surface area (Å²) in [4.78, 5) is 24.7. The van der Waals surface area contributed by atoms with Gasteiger partial charge in [0, 0.05) is 25.3 Å². The first kappa shape index (κ1) is 18.7. The first-order chi connectivity index (χ1) is 12.0. The molecule has 0 aromatic carbocycles. The molecule has 0 aromatic heterocycles. The van der Waals surface area contributed by atoms with Gasteiger partial charge in [-0.2, -0.15) is 0 Å². The molecule has 0 radical (unpaired) electrons. The van der Waals surface area contributed by atoms with E-state index in [-0.39, 0.29) is 23.1 Å². The maximum absolute atomic E-state index is 13.2. The van der Waals surface area contributed by atoms with Crippen LogP contribution in [0.25, 0.3) is 0 Å². The van der Waals surface area contributed by atoms with Crippen LogP contribution in [0, 0.1) is 11.3 Å². The number of ketones is 1. The molecule has 2 bridgehead atoms. The Hall–Kier alpha value is -2.10. The number of hydrogen-bond donors (Lipinski definition) is 0. The van der Waals surface area contributed by atoms with Gasteiger partial charge in [-0.15, -0.1) is 0 Å². The molecule has 140 valence electrons. The van der Waals surface area contributed by atoms with Crippen molar-refractivity contribution in [1.82, 2.24) is 0 Å². The molecule has 0 unspecified atom stereocenters. The van der Waals surface area contributed by atoms with Crippen LogP contribution in [-0.4, -0.2) is 23.5 Å². The Balaban J connectivity index is 2.14. The molecule has 0 aromatic rings. The molecule has 4 heteroatoms. The van der Waals surface area contributed by atoms with Crippen LogP contribution in [0.1, 0.15) is 54.4 Å². The molecule has 0 N–H and O–H groups in total. The van der Waals surface area contributed by atoms with Gasteiger partial charge in [0.2, 0.25) is 5.78 Å². The zero-order chi connectivity index (χ0) is 19.3. The smallest absolute Gasteiger partial charge is 0.303 e. The predicted molar refractivity (Wildman–Crippen MR) is 100 cm³/mol. The van der Waals surface area contributed by atoms with Crippen molar-refractivity contribution < 1.29 is 19.1 Å². The zero-order valence-electron chi connectivity index (χ0n) is 16.5. The maximum atomic E-state index is 13.2. The minimum atomic E-state index is -0.915. The van der Waals surface area contributed by atoms with E-state index in [0.29, 0.717) is 12.8 Å². The van der Waals surface area contributed by atoms with Crippen molar-refractivity contribution in [3.05, 3.63) is 46.8 Å². The minimum absolute atomic E-state index is 0.0662. The number of carbonyl (C=O) groups is 2. The quantitative estimate of drug-likeness (QED) is 0.515. The molecule has 3 aliphatic rings. The van der Waals surface area contributed by atoms with E-state index >= 15 is 0 Å². The topological polar surface area (TPSA) is 52.6 Å². The average Bonchev–Trinajstić information content (AvgIpc) is 2.94. The lowest BCUT2D eigenvalue weighted by Gasteiger charge is -2.28. The van der Waals surface area contributed by atoms with Crippen molar-refractivity contribution in [2.75, 3.05) is 0 Å². The predicted octanol–water partition coefficient (Wildman–Crippen LogP) is 4.43. The summed E-state index contributed by atoms with van der Waals surface area (Å²) in [5, 5.41) is 0. The number of esters is 1. The van der Waals surface area contributed by atoms with E-state index in [9.17, 15) is 9.59 Å². The Bertz CT molecular complexity index is 778. The summed E-state index contributed by atoms with van der Waals surface area (Å²) in [5.41, 5.74) is 1.36. The Morgan fingerprint density at radius 2 is 2.00 bits per heavy atom. The third-order valence-corrected chi connectivity index (χ3v) is 5.43. The zero-order valence-corrected chi connectivity index (χ0v) is 16.5. The Labute approximate surface area is 155 Å². The van der Waals surface area contributed by atoms with Crippen molar-refractivity contribution in [3.63, 3.8) is 0 Å². The van der Waals surface area contributed by atoms with Crippen LogP contribution >= 0.6 is 0 Å². The summed E-state index contributed by atoms with van der Waals surface area (Å²) in [6.45, 7) is 11.5. The van der Waals surface area contributed by atoms with E-state index in [1.54, 1.807) is 0 Å². The molecule has 2 heterocycles. The van der Waals surface area contributed by atoms with Gasteiger partial charge in [-0.1, -0.05) is 39.0 Å². The number of ether oxygens (including phenoxy) is 2. The lowest BCUT2D eigenvalue weighted by atomic mass is 9.84. The van der Waals surface area contributed by atoms with Crippen LogP contribution in [0.4, 0.5) is 0 Å². The van der Waals surface area contributed by atoms with Gasteiger partial charge in [-0.3, -0.25) is 9.59 Å². The molecule has 0 saturated heterocycles. The number of Topliss-reactive ketones (excluding diaryl/α,β-unsaturated/α-hetero) is 1. The standard InChI is InChI=1S/C22H28O4/c1-13-9-17-10-14(2)18(25-16(4)23)7-8-21(5,6)12-19-15(3)20(24)22(17,11-13)26-19/h7-10,13,18H,11-12H2,1-6H3/b8-7+,14-10-/t13-,18+,22+/m0/s1. The third kappa shape index (κ3) is 3.17. The Morgan fingerprint density at radius 1 is 1.31 bits per heavy atom. The highest BCUT2D eigenvalue weighted by molar-refractivity contribution is 6.07. The SMILES string of the molecule is CC(=O)O[C@@H]1/C=C/C(C)(C)CC2=C(C)C(=O)[C@]3(C[C@@H](C)C=C3/C=C\1C)O2. The number of rotatable bonds is 1. The molecule has 2 aliphatic heterocycles. The van der Waals surface area contributed by atoms with Crippen molar-refractivity contribution in [3.8, 4) is 0 Å². The van der Waals surface area contributed by atoms with Crippen LogP contribution in [-0.2, 0) is 19.1 Å². The maximum Gasteiger partial charge on any atom is 0.303 e. The fourth-order valence-electron chi connectivity index (χ4n) is 4.10. The van der Waals surface area contributed by atoms with Gasteiger partial charge in [0.15, 0.2) is 5.60 Å². The van der Waals surface area contributed by atoms with Crippen LogP contribution < -0.4 is 0 Å². The van der Waals surface area contributed by atoms with E-state index in [1.807, 2.05) is 26.0 Å². The highest BCUT2D eigenvalue weighted by atomic mass is 16.5. The molecular weight excluding hydrogens is 328 g/mol. The monoisotopic (exact) mass is 356 g/mol. The third-order valence-electron chi connectivity index (χ3n) is 5.43. The molecule has 4 nitrogen and oxygen atoms in total. The van der Waals surface area contributed by atoms with Gasteiger partial charge < -0.3 is 9.47 Å². The lowest BCUT2D eigenvalue weighted by molar-refractivity contribution is -0.142. The Morgan fingerprint density at radius 3 is 2.65 bits per heavy atom. The molecule has 3 atom stereocenters. The van der Waals surface area contributed by atoms with Gasteiger partial charge >= 0.3 is 5.97 Å². The average molecular weight is 356 g/mol. The molecule has 1 spiro atoms. The van der Waals surface area contributed by atoms with E-state index in [4.69, 9.17) is 9.47 Å². The second kappa shape index (κ2) is 6.26. The summed E-state index contributed by atoms with van der Waals surface area (Å²) in [7, 11) is 0. The van der Waals surface area contributed by atoms with Gasteiger partial charge in [0.25, 0.3) is 0 Å². The second-order valence-electron chi connectivity index (χ2n) is 8.55. The van der Waals surface area contributed by atoms with Crippen LogP contribution in [0.15, 0.2) is 46.8 Å². The summed E-state index contributed by atoms with van der Waals surface area (Å²) in [6.07, 6.45) is 8.91. The molecule has 1 aliphatic carbocycles. The summed E-state index contributed by atoms with van der Waals surface area (Å²) in [6, 6.07) is 0. The van der Waals surface area contributed by atoms with E-state index in [2.05, 4.69) is 32.9 Å². The van der Waals surface area contributed by atoms with Crippen LogP contribution in [0.5, 0.6) is 0 Å². The number of hydrogen-bond acceptors (Lipinski definition) is 4. The summed E-state index contributed by atoms with van der Waals surface area (Å²) in [5.74, 6) is 0.776. The van der Waals surface area contributed by atoms with E-state index in [1.165, 1.54) is 6.92 Å². The fraction of sp³-hybridized carbons (Fsp3) is 0.545. The van der Waals surface area contributed by atoms with Gasteiger partial charge in [0.05, 0.1) is 0 Å². The normalized spacial score (nSPS) is 36.3. The van der Waals surface area contributed by atoms with E-state index < -0.39 is 11.7 Å². The number of carbonyl (C=O) groups excluding carboxylic acids is 2.